The molecule has 0 aliphatic rings. The highest BCUT2D eigenvalue weighted by Gasteiger charge is 2.18. The Morgan fingerprint density at radius 1 is 1.17 bits per heavy atom. The van der Waals surface area contributed by atoms with Crippen LogP contribution in [0.1, 0.15) is 30.4 Å². The predicted octanol–water partition coefficient (Wildman–Crippen LogP) is 4.06. The summed E-state index contributed by atoms with van der Waals surface area (Å²) in [5.74, 6) is 0.754. The van der Waals surface area contributed by atoms with Gasteiger partial charge in [0.2, 0.25) is 0 Å². The normalized spacial score (nSPS) is 12.9. The van der Waals surface area contributed by atoms with Crippen molar-refractivity contribution >= 4 is 32.3 Å². The van der Waals surface area contributed by atoms with Gasteiger partial charge >= 0.3 is 0 Å². The van der Waals surface area contributed by atoms with Gasteiger partial charge in [-0.3, -0.25) is 4.79 Å². The predicted molar refractivity (Wildman–Crippen MR) is 122 cm³/mol. The molecule has 0 unspecified atom stereocenters. The molecule has 0 aliphatic carbocycles. The number of likely N-dealkylation sites (N-methyl/N-ethyl adjacent to an activating group) is 1. The molecule has 3 N–H and O–H groups in total. The van der Waals surface area contributed by atoms with E-state index in [4.69, 9.17) is 0 Å². The first kappa shape index (κ1) is 19.7. The summed E-state index contributed by atoms with van der Waals surface area (Å²) in [6.45, 7) is 5.23. The Morgan fingerprint density at radius 2 is 1.90 bits per heavy atom. The van der Waals surface area contributed by atoms with Crippen LogP contribution in [-0.2, 0) is 0 Å². The fraction of sp³-hybridized carbons (Fsp3) is 0.292. The zero-order valence-electron chi connectivity index (χ0n) is 17.3. The first-order valence-electron chi connectivity index (χ1n) is 10.1. The summed E-state index contributed by atoms with van der Waals surface area (Å²) in [5.41, 5.74) is 4.64. The van der Waals surface area contributed by atoms with Gasteiger partial charge in [-0.2, -0.15) is 0 Å². The zero-order chi connectivity index (χ0) is 20.7. The molecule has 4 aromatic rings. The van der Waals surface area contributed by atoms with Crippen LogP contribution < -0.4 is 10.5 Å². The molecule has 2 aromatic carbocycles. The summed E-state index contributed by atoms with van der Waals surface area (Å²) in [4.78, 5) is 16.9. The average Bonchev–Trinajstić information content (AvgIpc) is 3.18. The molecular formula is C24H27N2O2S+. The summed E-state index contributed by atoms with van der Waals surface area (Å²) >= 11 is 1.43. The second kappa shape index (κ2) is 7.65. The Kier molecular flexibility index (Phi) is 5.19. The molecule has 0 radical (unpaired) electrons. The number of hydrogen-bond acceptors (Lipinski definition) is 3. The molecule has 0 saturated heterocycles. The largest absolute Gasteiger partial charge is 0.507 e. The molecule has 1 atom stereocenters. The Labute approximate surface area is 174 Å². The van der Waals surface area contributed by atoms with Crippen LogP contribution in [0.2, 0.25) is 0 Å². The molecule has 4 nitrogen and oxygen atoms in total. The monoisotopic (exact) mass is 407 g/mol. The number of aromatic nitrogens is 1. The Hall–Kier alpha value is -2.63. The third-order valence-electron chi connectivity index (χ3n) is 5.70. The van der Waals surface area contributed by atoms with Crippen molar-refractivity contribution in [1.29, 1.82) is 0 Å². The molecule has 2 aromatic heterocycles. The van der Waals surface area contributed by atoms with E-state index in [-0.39, 0.29) is 11.3 Å². The van der Waals surface area contributed by atoms with Crippen molar-refractivity contribution in [2.24, 2.45) is 0 Å². The number of aromatic amines is 1. The molecule has 0 saturated carbocycles. The van der Waals surface area contributed by atoms with Gasteiger partial charge in [-0.15, -0.1) is 11.3 Å². The summed E-state index contributed by atoms with van der Waals surface area (Å²) in [6, 6.07) is 12.2. The van der Waals surface area contributed by atoms with Gasteiger partial charge < -0.3 is 15.0 Å². The highest BCUT2D eigenvalue weighted by atomic mass is 32.1. The van der Waals surface area contributed by atoms with Gasteiger partial charge in [0.25, 0.3) is 5.56 Å². The molecule has 0 amide bonds. The number of rotatable bonds is 5. The number of phenolic OH excluding ortho intramolecular Hbond substituents is 1. The van der Waals surface area contributed by atoms with Gasteiger partial charge in [0, 0.05) is 22.3 Å². The van der Waals surface area contributed by atoms with E-state index >= 15 is 0 Å². The van der Waals surface area contributed by atoms with Gasteiger partial charge in [-0.25, -0.2) is 0 Å². The molecule has 0 bridgehead atoms. The van der Waals surface area contributed by atoms with E-state index in [1.807, 2.05) is 18.4 Å². The van der Waals surface area contributed by atoms with Crippen LogP contribution in [0.15, 0.2) is 46.6 Å². The Balaban J connectivity index is 1.92. The molecular weight excluding hydrogens is 380 g/mol. The smallest absolute Gasteiger partial charge is 0.266 e. The molecule has 0 fully saturated rings. The van der Waals surface area contributed by atoms with Crippen LogP contribution in [-0.4, -0.2) is 30.7 Å². The van der Waals surface area contributed by atoms with E-state index in [0.717, 1.165) is 45.9 Å². The number of phenols is 1. The van der Waals surface area contributed by atoms with E-state index in [1.165, 1.54) is 21.8 Å². The van der Waals surface area contributed by atoms with E-state index in [1.54, 1.807) is 6.07 Å². The minimum Gasteiger partial charge on any atom is -0.507 e. The van der Waals surface area contributed by atoms with Crippen LogP contribution in [0.4, 0.5) is 0 Å². The number of pyridine rings is 1. The average molecular weight is 408 g/mol. The second-order valence-electron chi connectivity index (χ2n) is 8.09. The maximum absolute atomic E-state index is 12.5. The molecule has 29 heavy (non-hydrogen) atoms. The third-order valence-corrected chi connectivity index (χ3v) is 6.61. The molecule has 5 heteroatoms. The lowest BCUT2D eigenvalue weighted by Gasteiger charge is -2.18. The number of aromatic hydroxyl groups is 1. The Bertz CT molecular complexity index is 1240. The van der Waals surface area contributed by atoms with Gasteiger partial charge in [-0.05, 0) is 47.5 Å². The van der Waals surface area contributed by atoms with Crippen molar-refractivity contribution in [3.63, 3.8) is 0 Å². The van der Waals surface area contributed by atoms with Gasteiger partial charge in [-0.1, -0.05) is 31.2 Å². The summed E-state index contributed by atoms with van der Waals surface area (Å²) in [6.07, 6.45) is 1.10. The minimum atomic E-state index is -0.0745. The molecule has 4 rings (SSSR count). The van der Waals surface area contributed by atoms with Crippen LogP contribution in [0.5, 0.6) is 5.75 Å². The molecule has 0 aliphatic heterocycles. The standard InChI is InChI=1S/C24H26N2O2S/c1-5-15(13-26(3)4)16-6-8-17(9-7-16)20-19(27)12-14(2)22-21(20)18-10-11-29-23(18)24(28)25-22/h6-12,15,27H,5,13H2,1-4H3,(H,25,28)/p+1/t15-/m0/s1. The fourth-order valence-electron chi connectivity index (χ4n) is 4.29. The zero-order valence-corrected chi connectivity index (χ0v) is 18.1. The minimum absolute atomic E-state index is 0.0745. The van der Waals surface area contributed by atoms with Crippen LogP contribution >= 0.6 is 11.3 Å². The lowest BCUT2D eigenvalue weighted by atomic mass is 9.91. The number of thiophene rings is 1. The quantitative estimate of drug-likeness (QED) is 0.467. The maximum atomic E-state index is 12.5. The number of H-pyrrole nitrogens is 1. The SMILES string of the molecule is CC[C@@H](C[NH+](C)C)c1ccc(-c2c(O)cc(C)c3[nH]c(=O)c4sccc4c23)cc1. The topological polar surface area (TPSA) is 57.5 Å². The van der Waals surface area contributed by atoms with Crippen LogP contribution in [0.25, 0.3) is 32.1 Å². The molecule has 2 heterocycles. The number of fused-ring (bicyclic) bond motifs is 3. The van der Waals surface area contributed by atoms with Crippen molar-refractivity contribution in [1.82, 2.24) is 4.98 Å². The second-order valence-corrected chi connectivity index (χ2v) is 9.01. The van der Waals surface area contributed by atoms with Crippen molar-refractivity contribution < 1.29 is 10.0 Å². The maximum Gasteiger partial charge on any atom is 0.266 e. The number of nitrogens with one attached hydrogen (secondary N) is 2. The summed E-state index contributed by atoms with van der Waals surface area (Å²) in [5, 5.41) is 14.6. The van der Waals surface area contributed by atoms with Crippen molar-refractivity contribution in [2.75, 3.05) is 20.6 Å². The van der Waals surface area contributed by atoms with E-state index in [9.17, 15) is 9.90 Å². The number of hydrogen-bond donors (Lipinski definition) is 3. The fourth-order valence-corrected chi connectivity index (χ4v) is 5.08. The van der Waals surface area contributed by atoms with Gasteiger partial charge in [0.1, 0.15) is 10.4 Å². The lowest BCUT2D eigenvalue weighted by Crippen LogP contribution is -3.06. The summed E-state index contributed by atoms with van der Waals surface area (Å²) < 4.78 is 0.695. The van der Waals surface area contributed by atoms with E-state index < -0.39 is 0 Å². The lowest BCUT2D eigenvalue weighted by molar-refractivity contribution is -0.859. The first-order valence-corrected chi connectivity index (χ1v) is 10.9. The van der Waals surface area contributed by atoms with E-state index in [0.29, 0.717) is 10.6 Å². The number of quaternary nitrogens is 1. The molecule has 150 valence electrons. The third kappa shape index (κ3) is 3.45. The van der Waals surface area contributed by atoms with Crippen molar-refractivity contribution in [2.45, 2.75) is 26.2 Å². The highest BCUT2D eigenvalue weighted by Crippen LogP contribution is 2.41. The highest BCUT2D eigenvalue weighted by molar-refractivity contribution is 7.17. The van der Waals surface area contributed by atoms with Crippen molar-refractivity contribution in [3.05, 3.63) is 63.3 Å². The first-order chi connectivity index (χ1) is 13.9. The summed E-state index contributed by atoms with van der Waals surface area (Å²) in [7, 11) is 4.36. The number of benzene rings is 2. The van der Waals surface area contributed by atoms with Gasteiger partial charge in [0.05, 0.1) is 26.2 Å². The number of aryl methyl sites for hydroxylation is 1. The van der Waals surface area contributed by atoms with E-state index in [2.05, 4.69) is 50.3 Å². The molecule has 0 spiro atoms. The Morgan fingerprint density at radius 3 is 2.55 bits per heavy atom. The van der Waals surface area contributed by atoms with Crippen molar-refractivity contribution in [3.8, 4) is 16.9 Å². The van der Waals surface area contributed by atoms with Gasteiger partial charge in [0.15, 0.2) is 0 Å². The van der Waals surface area contributed by atoms with Crippen LogP contribution in [0, 0.1) is 6.92 Å². The van der Waals surface area contributed by atoms with Crippen LogP contribution in [0.3, 0.4) is 0 Å².